The summed E-state index contributed by atoms with van der Waals surface area (Å²) in [7, 11) is -3.41. The van der Waals surface area contributed by atoms with E-state index in [1.54, 1.807) is 17.8 Å². The molecule has 0 aliphatic rings. The largest absolute Gasteiger partial charge is 0.493 e. The predicted molar refractivity (Wildman–Crippen MR) is 121 cm³/mol. The molecule has 0 atom stereocenters. The highest BCUT2D eigenvalue weighted by atomic mass is 32.2. The maximum absolute atomic E-state index is 10.9. The Morgan fingerprint density at radius 3 is 2.55 bits per heavy atom. The van der Waals surface area contributed by atoms with Gasteiger partial charge in [0.1, 0.15) is 5.75 Å². The van der Waals surface area contributed by atoms with Gasteiger partial charge in [-0.1, -0.05) is 42.5 Å². The Hall–Kier alpha value is -2.62. The van der Waals surface area contributed by atoms with Crippen molar-refractivity contribution in [1.82, 2.24) is 10.2 Å². The Morgan fingerprint density at radius 1 is 1.03 bits per heavy atom. The summed E-state index contributed by atoms with van der Waals surface area (Å²) in [5.41, 5.74) is 1.93. The van der Waals surface area contributed by atoms with E-state index in [0.717, 1.165) is 28.9 Å². The molecule has 2 aromatic carbocycles. The van der Waals surface area contributed by atoms with E-state index in [4.69, 9.17) is 9.15 Å². The van der Waals surface area contributed by atoms with Gasteiger partial charge in [-0.3, -0.25) is 4.18 Å². The first-order valence-electron chi connectivity index (χ1n) is 9.66. The summed E-state index contributed by atoms with van der Waals surface area (Å²) < 4.78 is 37.9. The number of hydrogen-bond acceptors (Lipinski definition) is 8. The smallest absolute Gasteiger partial charge is 0.264 e. The third-order valence-electron chi connectivity index (χ3n) is 4.03. The average Bonchev–Trinajstić information content (AvgIpc) is 3.23. The minimum atomic E-state index is -3.41. The molecular weight excluding hydrogens is 436 g/mol. The van der Waals surface area contributed by atoms with E-state index < -0.39 is 10.1 Å². The standard InChI is InChI=1S/C22H24N2O5S2/c1-31(25,26)28-14-6-5-7-18-10-12-19(13-11-18)22-24-23-21(29-22)17-30-16-15-27-20-8-3-2-4-9-20/h2-6,8-13H,7,14-17H2,1H3/b6-5+. The zero-order valence-corrected chi connectivity index (χ0v) is 18.8. The fraction of sp³-hybridized carbons (Fsp3) is 0.273. The van der Waals surface area contributed by atoms with Crippen LogP contribution in [0.25, 0.3) is 11.5 Å². The molecule has 0 unspecified atom stereocenters. The van der Waals surface area contributed by atoms with Crippen molar-refractivity contribution in [1.29, 1.82) is 0 Å². The number of aromatic nitrogens is 2. The zero-order valence-electron chi connectivity index (χ0n) is 17.1. The lowest BCUT2D eigenvalue weighted by molar-refractivity contribution is 0.344. The van der Waals surface area contributed by atoms with Crippen LogP contribution in [0, 0.1) is 0 Å². The van der Waals surface area contributed by atoms with E-state index in [2.05, 4.69) is 14.4 Å². The molecule has 1 aromatic heterocycles. The molecule has 0 bridgehead atoms. The summed E-state index contributed by atoms with van der Waals surface area (Å²) in [5.74, 6) is 3.38. The van der Waals surface area contributed by atoms with E-state index in [9.17, 15) is 8.42 Å². The first-order valence-corrected chi connectivity index (χ1v) is 12.6. The molecule has 0 amide bonds. The van der Waals surface area contributed by atoms with Crippen molar-refractivity contribution in [2.24, 2.45) is 0 Å². The second kappa shape index (κ2) is 11.7. The number of hydrogen-bond donors (Lipinski definition) is 0. The van der Waals surface area contributed by atoms with Gasteiger partial charge in [-0.05, 0) is 36.2 Å². The lowest BCUT2D eigenvalue weighted by Gasteiger charge is -2.04. The quantitative estimate of drug-likeness (QED) is 0.226. The van der Waals surface area contributed by atoms with Gasteiger partial charge in [0.25, 0.3) is 10.1 Å². The molecule has 0 fully saturated rings. The lowest BCUT2D eigenvalue weighted by atomic mass is 10.1. The fourth-order valence-electron chi connectivity index (χ4n) is 2.56. The normalized spacial score (nSPS) is 11.8. The molecule has 0 radical (unpaired) electrons. The molecule has 1 heterocycles. The number of para-hydroxylation sites is 1. The van der Waals surface area contributed by atoms with Crippen molar-refractivity contribution < 1.29 is 21.8 Å². The van der Waals surface area contributed by atoms with Crippen LogP contribution in [0.1, 0.15) is 11.5 Å². The Morgan fingerprint density at radius 2 is 1.81 bits per heavy atom. The van der Waals surface area contributed by atoms with Crippen LogP contribution >= 0.6 is 11.8 Å². The fourth-order valence-corrected chi connectivity index (χ4v) is 3.52. The van der Waals surface area contributed by atoms with Gasteiger partial charge in [-0.15, -0.1) is 22.0 Å². The number of ether oxygens (including phenoxy) is 1. The minimum absolute atomic E-state index is 0.0398. The molecule has 0 N–H and O–H groups in total. The first kappa shape index (κ1) is 23.1. The second-order valence-electron chi connectivity index (χ2n) is 6.58. The second-order valence-corrected chi connectivity index (χ2v) is 9.33. The number of rotatable bonds is 12. The summed E-state index contributed by atoms with van der Waals surface area (Å²) in [6.07, 6.45) is 5.25. The molecule has 3 aromatic rings. The Kier molecular flexibility index (Phi) is 8.69. The molecule has 31 heavy (non-hydrogen) atoms. The lowest BCUT2D eigenvalue weighted by Crippen LogP contribution is -2.01. The molecule has 0 aliphatic heterocycles. The van der Waals surface area contributed by atoms with Gasteiger partial charge in [-0.25, -0.2) is 0 Å². The molecule has 3 rings (SSSR count). The van der Waals surface area contributed by atoms with Gasteiger partial charge in [0.2, 0.25) is 11.8 Å². The highest BCUT2D eigenvalue weighted by Crippen LogP contribution is 2.21. The van der Waals surface area contributed by atoms with Gasteiger partial charge in [0.05, 0.1) is 25.2 Å². The Balaban J connectivity index is 1.40. The maximum atomic E-state index is 10.9. The summed E-state index contributed by atoms with van der Waals surface area (Å²) in [5, 5.41) is 8.23. The molecule has 0 saturated carbocycles. The van der Waals surface area contributed by atoms with E-state index in [-0.39, 0.29) is 6.61 Å². The van der Waals surface area contributed by atoms with Crippen LogP contribution in [0.15, 0.2) is 71.2 Å². The van der Waals surface area contributed by atoms with Crippen LogP contribution in [0.4, 0.5) is 0 Å². The van der Waals surface area contributed by atoms with Gasteiger partial charge < -0.3 is 9.15 Å². The third-order valence-corrected chi connectivity index (χ3v) is 5.50. The first-order chi connectivity index (χ1) is 15.0. The Labute approximate surface area is 186 Å². The van der Waals surface area contributed by atoms with Crippen LogP contribution < -0.4 is 4.74 Å². The average molecular weight is 461 g/mol. The molecule has 9 heteroatoms. The summed E-state index contributed by atoms with van der Waals surface area (Å²) in [6.45, 7) is 0.657. The molecule has 164 valence electrons. The maximum Gasteiger partial charge on any atom is 0.264 e. The van der Waals surface area contributed by atoms with Gasteiger partial charge in [-0.2, -0.15) is 8.42 Å². The summed E-state index contributed by atoms with van der Waals surface area (Å²) in [4.78, 5) is 0. The van der Waals surface area contributed by atoms with Crippen molar-refractivity contribution in [2.75, 3.05) is 25.2 Å². The molecule has 0 saturated heterocycles. The highest BCUT2D eigenvalue weighted by molar-refractivity contribution is 7.98. The minimum Gasteiger partial charge on any atom is -0.493 e. The summed E-state index contributed by atoms with van der Waals surface area (Å²) >= 11 is 1.67. The van der Waals surface area contributed by atoms with Crippen molar-refractivity contribution in [2.45, 2.75) is 12.2 Å². The number of benzene rings is 2. The molecule has 0 spiro atoms. The van der Waals surface area contributed by atoms with Crippen molar-refractivity contribution in [3.05, 3.63) is 78.2 Å². The topological polar surface area (TPSA) is 91.5 Å². The van der Waals surface area contributed by atoms with Crippen molar-refractivity contribution in [3.63, 3.8) is 0 Å². The summed E-state index contributed by atoms with van der Waals surface area (Å²) in [6, 6.07) is 17.5. The molecule has 7 nitrogen and oxygen atoms in total. The van der Waals surface area contributed by atoms with Gasteiger partial charge in [0.15, 0.2) is 0 Å². The van der Waals surface area contributed by atoms with Crippen LogP contribution in [0.3, 0.4) is 0 Å². The van der Waals surface area contributed by atoms with Gasteiger partial charge >= 0.3 is 0 Å². The van der Waals surface area contributed by atoms with E-state index in [1.807, 2.05) is 60.7 Å². The van der Waals surface area contributed by atoms with E-state index in [0.29, 0.717) is 30.6 Å². The van der Waals surface area contributed by atoms with Crippen LogP contribution in [-0.2, 0) is 26.5 Å². The van der Waals surface area contributed by atoms with E-state index in [1.165, 1.54) is 0 Å². The number of allylic oxidation sites excluding steroid dienone is 1. The van der Waals surface area contributed by atoms with Crippen LogP contribution in [-0.4, -0.2) is 43.8 Å². The number of thioether (sulfide) groups is 1. The van der Waals surface area contributed by atoms with Crippen LogP contribution in [0.2, 0.25) is 0 Å². The predicted octanol–water partition coefficient (Wildman–Crippen LogP) is 4.12. The zero-order chi connectivity index (χ0) is 21.9. The SMILES string of the molecule is CS(=O)(=O)OC/C=C/Cc1ccc(-c2nnc(CSCCOc3ccccc3)o2)cc1. The molecular formula is C22H24N2O5S2. The monoisotopic (exact) mass is 460 g/mol. The van der Waals surface area contributed by atoms with E-state index >= 15 is 0 Å². The van der Waals surface area contributed by atoms with Crippen LogP contribution in [0.5, 0.6) is 5.75 Å². The highest BCUT2D eigenvalue weighted by Gasteiger charge is 2.08. The third kappa shape index (κ3) is 8.56. The van der Waals surface area contributed by atoms with Crippen molar-refractivity contribution in [3.8, 4) is 17.2 Å². The number of nitrogens with zero attached hydrogens (tertiary/aromatic N) is 2. The Bertz CT molecular complexity index is 1060. The van der Waals surface area contributed by atoms with Crippen molar-refractivity contribution >= 4 is 21.9 Å². The molecule has 0 aliphatic carbocycles. The van der Waals surface area contributed by atoms with Gasteiger partial charge in [0, 0.05) is 11.3 Å².